The summed E-state index contributed by atoms with van der Waals surface area (Å²) in [7, 11) is 0. The van der Waals surface area contributed by atoms with E-state index >= 15 is 0 Å². The SMILES string of the molecule is O=C1[C@@H]2[C@H](C(=O)N1CN1CCN(CN3C(=O)[C@@H]4[C@H](C3=O)[C@H]3C=C[C@H]4C3)CC1)[C@H]1C=C[C@H]2C1. The maximum absolute atomic E-state index is 12.9. The van der Waals surface area contributed by atoms with Crippen LogP contribution in [-0.2, 0) is 19.2 Å². The second-order valence-electron chi connectivity index (χ2n) is 10.7. The van der Waals surface area contributed by atoms with Crippen LogP contribution in [0.2, 0.25) is 0 Å². The lowest BCUT2D eigenvalue weighted by molar-refractivity contribution is -0.146. The quantitative estimate of drug-likeness (QED) is 0.461. The van der Waals surface area contributed by atoms with Gasteiger partial charge in [-0.15, -0.1) is 0 Å². The minimum atomic E-state index is -0.143. The summed E-state index contributed by atoms with van der Waals surface area (Å²) in [6.45, 7) is 3.58. The predicted molar refractivity (Wildman–Crippen MR) is 112 cm³/mol. The van der Waals surface area contributed by atoms with Crippen molar-refractivity contribution in [3.63, 3.8) is 0 Å². The number of hydrogen-bond donors (Lipinski definition) is 0. The minimum absolute atomic E-state index is 0.00215. The molecule has 8 atom stereocenters. The van der Waals surface area contributed by atoms with Gasteiger partial charge in [0.25, 0.3) is 0 Å². The molecule has 168 valence electrons. The van der Waals surface area contributed by atoms with Gasteiger partial charge in [0.1, 0.15) is 0 Å². The van der Waals surface area contributed by atoms with Gasteiger partial charge in [0.2, 0.25) is 23.6 Å². The van der Waals surface area contributed by atoms with Crippen molar-refractivity contribution >= 4 is 23.6 Å². The van der Waals surface area contributed by atoms with Gasteiger partial charge >= 0.3 is 0 Å². The number of likely N-dealkylation sites (tertiary alicyclic amines) is 2. The van der Waals surface area contributed by atoms with E-state index in [0.717, 1.165) is 12.8 Å². The number of fused-ring (bicyclic) bond motifs is 10. The number of hydrogen-bond acceptors (Lipinski definition) is 6. The number of carbonyl (C=O) groups is 4. The van der Waals surface area contributed by atoms with Crippen LogP contribution in [-0.4, -0.2) is 82.7 Å². The average molecular weight is 437 g/mol. The third-order valence-corrected chi connectivity index (χ3v) is 9.27. The molecule has 8 nitrogen and oxygen atoms in total. The second-order valence-corrected chi connectivity index (χ2v) is 10.7. The Bertz CT molecular complexity index is 844. The van der Waals surface area contributed by atoms with E-state index in [1.807, 2.05) is 0 Å². The van der Waals surface area contributed by atoms with Crippen LogP contribution in [0, 0.1) is 47.3 Å². The van der Waals surface area contributed by atoms with Crippen LogP contribution in [0.4, 0.5) is 0 Å². The van der Waals surface area contributed by atoms with Crippen LogP contribution in [0.3, 0.4) is 0 Å². The van der Waals surface area contributed by atoms with Crippen molar-refractivity contribution in [1.82, 2.24) is 19.6 Å². The molecule has 32 heavy (non-hydrogen) atoms. The number of carbonyl (C=O) groups excluding carboxylic acids is 4. The Balaban J connectivity index is 0.956. The van der Waals surface area contributed by atoms with Crippen molar-refractivity contribution in [3.05, 3.63) is 24.3 Å². The largest absolute Gasteiger partial charge is 0.283 e. The Labute approximate surface area is 186 Å². The molecule has 0 radical (unpaired) electrons. The molecule has 4 amide bonds. The van der Waals surface area contributed by atoms with E-state index in [0.29, 0.717) is 39.5 Å². The van der Waals surface area contributed by atoms with Gasteiger partial charge in [0, 0.05) is 26.2 Å². The van der Waals surface area contributed by atoms with Crippen LogP contribution in [0.15, 0.2) is 24.3 Å². The molecule has 0 unspecified atom stereocenters. The molecule has 4 bridgehead atoms. The molecular weight excluding hydrogens is 408 g/mol. The summed E-state index contributed by atoms with van der Waals surface area (Å²) in [4.78, 5) is 59.0. The van der Waals surface area contributed by atoms with Crippen molar-refractivity contribution < 1.29 is 19.2 Å². The lowest BCUT2D eigenvalue weighted by atomic mass is 9.85. The summed E-state index contributed by atoms with van der Waals surface area (Å²) in [6.07, 6.45) is 10.4. The third kappa shape index (κ3) is 2.45. The van der Waals surface area contributed by atoms with Crippen LogP contribution >= 0.6 is 0 Å². The Morgan fingerprint density at radius 2 is 0.812 bits per heavy atom. The Hall–Kier alpha value is -2.32. The highest BCUT2D eigenvalue weighted by Crippen LogP contribution is 2.53. The van der Waals surface area contributed by atoms with Crippen molar-refractivity contribution in [2.24, 2.45) is 47.3 Å². The minimum Gasteiger partial charge on any atom is -0.283 e. The van der Waals surface area contributed by atoms with E-state index in [1.54, 1.807) is 0 Å². The number of nitrogens with zero attached hydrogens (tertiary/aromatic N) is 4. The van der Waals surface area contributed by atoms with Crippen molar-refractivity contribution in [2.75, 3.05) is 39.5 Å². The lowest BCUT2D eigenvalue weighted by Gasteiger charge is -2.37. The first kappa shape index (κ1) is 19.2. The smallest absolute Gasteiger partial charge is 0.234 e. The summed E-state index contributed by atoms with van der Waals surface area (Å²) < 4.78 is 0. The van der Waals surface area contributed by atoms with Gasteiger partial charge in [-0.2, -0.15) is 0 Å². The van der Waals surface area contributed by atoms with Crippen LogP contribution in [0.1, 0.15) is 12.8 Å². The van der Waals surface area contributed by atoms with E-state index < -0.39 is 0 Å². The van der Waals surface area contributed by atoms with Crippen LogP contribution < -0.4 is 0 Å². The summed E-state index contributed by atoms with van der Waals surface area (Å²) in [6, 6.07) is 0. The molecule has 3 saturated heterocycles. The molecule has 7 aliphatic rings. The molecule has 5 fully saturated rings. The number of allylic oxidation sites excluding steroid dienone is 4. The molecule has 3 aliphatic heterocycles. The van der Waals surface area contributed by atoms with Gasteiger partial charge in [-0.1, -0.05) is 24.3 Å². The van der Waals surface area contributed by atoms with Gasteiger partial charge < -0.3 is 0 Å². The molecule has 0 aromatic rings. The van der Waals surface area contributed by atoms with E-state index in [2.05, 4.69) is 34.1 Å². The zero-order valence-corrected chi connectivity index (χ0v) is 18.0. The van der Waals surface area contributed by atoms with Crippen molar-refractivity contribution in [2.45, 2.75) is 12.8 Å². The first-order valence-corrected chi connectivity index (χ1v) is 12.0. The monoisotopic (exact) mass is 436 g/mol. The average Bonchev–Trinajstić information content (AvgIpc) is 3.62. The van der Waals surface area contributed by atoms with Crippen LogP contribution in [0.25, 0.3) is 0 Å². The zero-order chi connectivity index (χ0) is 21.7. The number of piperazine rings is 1. The Morgan fingerprint density at radius 3 is 1.09 bits per heavy atom. The topological polar surface area (TPSA) is 81.2 Å². The van der Waals surface area contributed by atoms with Gasteiger partial charge in [0.05, 0.1) is 37.0 Å². The molecule has 0 N–H and O–H groups in total. The number of rotatable bonds is 4. The standard InChI is InChI=1S/C24H28N4O4/c29-21-17-13-1-2-14(9-13)18(17)22(30)27(21)11-25-5-7-26(8-6-25)12-28-23(31)19-15-3-4-16(10-15)20(19)24(28)32/h1-4,13-20H,5-12H2/t13-,14-,15-,16-,17-,18+,19-,20+/m0/s1. The summed E-state index contributed by atoms with van der Waals surface area (Å²) >= 11 is 0. The fraction of sp³-hybridized carbons (Fsp3) is 0.667. The number of amides is 4. The predicted octanol–water partition coefficient (Wildman–Crippen LogP) is 0.133. The molecule has 8 heteroatoms. The molecule has 0 aromatic carbocycles. The molecule has 4 aliphatic carbocycles. The van der Waals surface area contributed by atoms with Crippen molar-refractivity contribution in [1.29, 1.82) is 0 Å². The van der Waals surface area contributed by atoms with E-state index in [1.165, 1.54) is 9.80 Å². The Kier molecular flexibility index (Phi) is 3.96. The summed E-state index contributed by atoms with van der Waals surface area (Å²) in [5.41, 5.74) is 0. The third-order valence-electron chi connectivity index (χ3n) is 9.27. The fourth-order valence-corrected chi connectivity index (χ4v) is 7.68. The molecule has 2 saturated carbocycles. The molecular formula is C24H28N4O4. The van der Waals surface area contributed by atoms with Crippen molar-refractivity contribution in [3.8, 4) is 0 Å². The van der Waals surface area contributed by atoms with E-state index in [9.17, 15) is 19.2 Å². The summed E-state index contributed by atoms with van der Waals surface area (Å²) in [5.74, 6) is 0.394. The van der Waals surface area contributed by atoms with Gasteiger partial charge in [-0.25, -0.2) is 0 Å². The molecule has 7 rings (SSSR count). The Morgan fingerprint density at radius 1 is 0.531 bits per heavy atom. The molecule has 3 heterocycles. The first-order valence-electron chi connectivity index (χ1n) is 12.0. The summed E-state index contributed by atoms with van der Waals surface area (Å²) in [5, 5.41) is 0. The first-order chi connectivity index (χ1) is 15.5. The maximum atomic E-state index is 12.9. The van der Waals surface area contributed by atoms with Gasteiger partial charge in [0.15, 0.2) is 0 Å². The van der Waals surface area contributed by atoms with Gasteiger partial charge in [-0.3, -0.25) is 38.8 Å². The fourth-order valence-electron chi connectivity index (χ4n) is 7.68. The van der Waals surface area contributed by atoms with Crippen LogP contribution in [0.5, 0.6) is 0 Å². The zero-order valence-electron chi connectivity index (χ0n) is 18.0. The number of imide groups is 2. The lowest BCUT2D eigenvalue weighted by Crippen LogP contribution is -2.54. The van der Waals surface area contributed by atoms with E-state index in [-0.39, 0.29) is 71.0 Å². The molecule has 0 spiro atoms. The second kappa shape index (κ2) is 6.60. The van der Waals surface area contributed by atoms with Gasteiger partial charge in [-0.05, 0) is 36.5 Å². The van der Waals surface area contributed by atoms with E-state index in [4.69, 9.17) is 0 Å². The maximum Gasteiger partial charge on any atom is 0.234 e. The normalized spacial score (nSPS) is 44.6. The highest BCUT2D eigenvalue weighted by molar-refractivity contribution is 6.07. The highest BCUT2D eigenvalue weighted by Gasteiger charge is 2.60. The highest BCUT2D eigenvalue weighted by atomic mass is 16.2. The molecule has 0 aromatic heterocycles.